The first-order valence-corrected chi connectivity index (χ1v) is 26.0. The summed E-state index contributed by atoms with van der Waals surface area (Å²) in [6.45, 7) is 3.30. The van der Waals surface area contributed by atoms with Gasteiger partial charge < -0.3 is 35.6 Å². The van der Waals surface area contributed by atoms with E-state index in [4.69, 9.17) is 9.47 Å². The normalized spacial score (nSPS) is 20.4. The van der Waals surface area contributed by atoms with Crippen molar-refractivity contribution in [1.82, 2.24) is 15.5 Å². The van der Waals surface area contributed by atoms with Crippen LogP contribution in [-0.2, 0) is 40.5 Å². The number of benzene rings is 4. The average Bonchev–Trinajstić information content (AvgIpc) is 3.99. The van der Waals surface area contributed by atoms with Crippen molar-refractivity contribution in [2.24, 2.45) is 17.3 Å². The number of anilines is 2. The van der Waals surface area contributed by atoms with Gasteiger partial charge in [0.05, 0.1) is 20.8 Å². The van der Waals surface area contributed by atoms with Gasteiger partial charge in [0.1, 0.15) is 18.1 Å². The molecule has 73 heavy (non-hydrogen) atoms. The Balaban J connectivity index is 1.03. The molecular formula is C58H69F2N5O8. The van der Waals surface area contributed by atoms with Crippen LogP contribution in [0.1, 0.15) is 132 Å². The van der Waals surface area contributed by atoms with Gasteiger partial charge in [-0.3, -0.25) is 19.2 Å². The quantitative estimate of drug-likeness (QED) is 0.0677. The van der Waals surface area contributed by atoms with Crippen LogP contribution in [0, 0.1) is 17.3 Å². The van der Waals surface area contributed by atoms with Crippen LogP contribution in [0.3, 0.4) is 0 Å². The third-order valence-electron chi connectivity index (χ3n) is 15.9. The lowest BCUT2D eigenvalue weighted by Crippen LogP contribution is -2.53. The summed E-state index contributed by atoms with van der Waals surface area (Å²) >= 11 is 0. The predicted molar refractivity (Wildman–Crippen MR) is 275 cm³/mol. The fourth-order valence-electron chi connectivity index (χ4n) is 11.8. The van der Waals surface area contributed by atoms with Crippen LogP contribution in [0.25, 0.3) is 11.1 Å². The second kappa shape index (κ2) is 22.6. The second-order valence-electron chi connectivity index (χ2n) is 20.8. The van der Waals surface area contributed by atoms with Crippen molar-refractivity contribution in [3.63, 3.8) is 0 Å². The number of rotatable bonds is 20. The number of halogens is 2. The highest BCUT2D eigenvalue weighted by atomic mass is 19.3. The van der Waals surface area contributed by atoms with Crippen molar-refractivity contribution in [3.8, 4) is 11.1 Å². The number of ether oxygens (including phenoxy) is 2. The first kappa shape index (κ1) is 52.7. The number of hydrogen-bond acceptors (Lipinski definition) is 8. The molecule has 0 bridgehead atoms. The van der Waals surface area contributed by atoms with Crippen molar-refractivity contribution in [2.45, 2.75) is 140 Å². The lowest BCUT2D eigenvalue weighted by Gasteiger charge is -2.36. The fourth-order valence-corrected chi connectivity index (χ4v) is 11.8. The maximum atomic E-state index is 15.3. The molecule has 1 heterocycles. The molecule has 0 radical (unpaired) electrons. The number of Topliss-reactive ketones (excluding diaryl/α,β-unsaturated/α-hetero) is 1. The summed E-state index contributed by atoms with van der Waals surface area (Å²) in [6.07, 6.45) is 8.25. The molecule has 1 aliphatic heterocycles. The Kier molecular flexibility index (Phi) is 16.3. The second-order valence-corrected chi connectivity index (χ2v) is 20.8. The summed E-state index contributed by atoms with van der Waals surface area (Å²) in [5.74, 6) is -5.48. The highest BCUT2D eigenvalue weighted by molar-refractivity contribution is 6.00. The summed E-state index contributed by atoms with van der Waals surface area (Å²) in [5.41, 5.74) is 6.19. The molecule has 1 spiro atoms. The van der Waals surface area contributed by atoms with Crippen molar-refractivity contribution in [2.75, 3.05) is 31.4 Å². The zero-order valence-electron chi connectivity index (χ0n) is 42.4. The zero-order chi connectivity index (χ0) is 51.9. The van der Waals surface area contributed by atoms with Gasteiger partial charge in [0.15, 0.2) is 5.78 Å². The topological polar surface area (TPSA) is 172 Å². The van der Waals surface area contributed by atoms with Crippen LogP contribution in [0.15, 0.2) is 97.1 Å². The van der Waals surface area contributed by atoms with Crippen molar-refractivity contribution in [3.05, 3.63) is 119 Å². The lowest BCUT2D eigenvalue weighted by atomic mass is 9.69. The first-order valence-electron chi connectivity index (χ1n) is 26.0. The highest BCUT2D eigenvalue weighted by Crippen LogP contribution is 2.60. The third-order valence-corrected chi connectivity index (χ3v) is 15.9. The average molecular weight is 1000 g/mol. The van der Waals surface area contributed by atoms with Gasteiger partial charge in [0.25, 0.3) is 5.92 Å². The molecule has 0 aromatic heterocycles. The number of ketones is 1. The molecule has 5 atom stereocenters. The number of hydrogen-bond donors (Lipinski definition) is 4. The van der Waals surface area contributed by atoms with Gasteiger partial charge in [-0.1, -0.05) is 112 Å². The minimum atomic E-state index is -3.35. The molecule has 2 saturated carbocycles. The molecule has 15 heteroatoms. The number of fused-ring (bicyclic) bond motifs is 3. The van der Waals surface area contributed by atoms with Gasteiger partial charge >= 0.3 is 12.2 Å². The Labute approximate surface area is 426 Å². The molecule has 5 amide bonds. The number of nitrogens with zero attached hydrogens (tertiary/aromatic N) is 1. The number of amides is 5. The number of carbonyl (C=O) groups excluding carboxylic acids is 6. The number of methoxy groups -OCH3 is 2. The molecular weight excluding hydrogens is 933 g/mol. The van der Waals surface area contributed by atoms with Crippen LogP contribution >= 0.6 is 0 Å². The molecule has 3 aliphatic carbocycles. The summed E-state index contributed by atoms with van der Waals surface area (Å²) in [5, 5.41) is 11.4. The van der Waals surface area contributed by atoms with E-state index in [0.717, 1.165) is 105 Å². The minimum absolute atomic E-state index is 0.00158. The smallest absolute Gasteiger partial charge is 0.407 e. The molecule has 13 nitrogen and oxygen atoms in total. The van der Waals surface area contributed by atoms with Crippen LogP contribution in [-0.4, -0.2) is 79.4 Å². The molecule has 3 fully saturated rings. The van der Waals surface area contributed by atoms with Gasteiger partial charge in [-0.15, -0.1) is 0 Å². The number of nitrogens with one attached hydrogen (secondary N) is 4. The maximum Gasteiger partial charge on any atom is 0.407 e. The SMILES string of the molecule is CCCCC1(CCCC)c2cc(NC(=O)[C@@H]3CC4(CCC3CCC(=O)[C@H](NC(=O)OC)c3ccccc3)CC4)ccc2-c2ccc(NC(=O)[C@@H]3CC(F)(F)CN3C(=O)C(Cc3ccccc3)NC(=O)OC)cc21. The van der Waals surface area contributed by atoms with E-state index in [1.165, 1.54) is 7.11 Å². The Morgan fingerprint density at radius 1 is 0.712 bits per heavy atom. The van der Waals surface area contributed by atoms with E-state index in [1.807, 2.05) is 36.4 Å². The van der Waals surface area contributed by atoms with E-state index in [2.05, 4.69) is 47.2 Å². The zero-order valence-corrected chi connectivity index (χ0v) is 42.4. The predicted octanol–water partition coefficient (Wildman–Crippen LogP) is 11.1. The van der Waals surface area contributed by atoms with Gasteiger partial charge in [-0.05, 0) is 120 Å². The van der Waals surface area contributed by atoms with E-state index < -0.39 is 66.4 Å². The van der Waals surface area contributed by atoms with Gasteiger partial charge in [0.2, 0.25) is 17.7 Å². The Hall–Kier alpha value is -6.64. The molecule has 1 saturated heterocycles. The third kappa shape index (κ3) is 11.9. The molecule has 4 aromatic carbocycles. The van der Waals surface area contributed by atoms with Gasteiger partial charge in [0, 0.05) is 42.0 Å². The minimum Gasteiger partial charge on any atom is -0.453 e. The summed E-state index contributed by atoms with van der Waals surface area (Å²) in [4.78, 5) is 82.4. The Morgan fingerprint density at radius 2 is 1.29 bits per heavy atom. The van der Waals surface area contributed by atoms with E-state index in [1.54, 1.807) is 48.5 Å². The van der Waals surface area contributed by atoms with Crippen molar-refractivity contribution >= 4 is 47.1 Å². The number of alkyl halides is 2. The largest absolute Gasteiger partial charge is 0.453 e. The van der Waals surface area contributed by atoms with Crippen LogP contribution in [0.2, 0.25) is 0 Å². The van der Waals surface area contributed by atoms with Crippen molar-refractivity contribution in [1.29, 1.82) is 0 Å². The standard InChI is InChI=1S/C58H69F2N5O8/c1-5-7-26-57(27-8-6-2)45-32-40(61-51(67)44-34-56(29-30-56)28-25-38(44)19-24-49(66)50(64-55(71)73-4)39-17-13-10-14-18-39)20-22-42(45)43-23-21-41(33-46(43)57)62-52(68)48-35-58(59,60)36-65(48)53(69)47(63-54(70)72-3)31-37-15-11-9-12-16-37/h9-18,20-23,32-33,38,44,47-48,50H,5-8,19,24-31,34-36H2,1-4H3,(H,61,67)(H,62,68)(H,63,70)(H,64,71)/t38?,44-,47?,48+,50-/m1/s1. The molecule has 4 aliphatic rings. The number of alkyl carbamates (subject to hydrolysis) is 2. The van der Waals surface area contributed by atoms with E-state index in [-0.39, 0.29) is 41.8 Å². The van der Waals surface area contributed by atoms with Crippen LogP contribution in [0.5, 0.6) is 0 Å². The summed E-state index contributed by atoms with van der Waals surface area (Å²) in [7, 11) is 2.41. The summed E-state index contributed by atoms with van der Waals surface area (Å²) < 4.78 is 40.2. The van der Waals surface area contributed by atoms with Crippen molar-refractivity contribution < 1.29 is 47.0 Å². The van der Waals surface area contributed by atoms with E-state index >= 15 is 8.78 Å². The van der Waals surface area contributed by atoms with Gasteiger partial charge in [-0.25, -0.2) is 18.4 Å². The molecule has 4 N–H and O–H groups in total. The number of unbranched alkanes of at least 4 members (excludes halogenated alkanes) is 2. The number of carbonyl (C=O) groups is 6. The van der Waals surface area contributed by atoms with E-state index in [0.29, 0.717) is 28.9 Å². The molecule has 8 rings (SSSR count). The molecule has 2 unspecified atom stereocenters. The van der Waals surface area contributed by atoms with Crippen LogP contribution < -0.4 is 21.3 Å². The lowest BCUT2D eigenvalue weighted by molar-refractivity contribution is -0.138. The van der Waals surface area contributed by atoms with Gasteiger partial charge in [-0.2, -0.15) is 0 Å². The Bertz CT molecular complexity index is 2650. The monoisotopic (exact) mass is 1000 g/mol. The maximum absolute atomic E-state index is 15.3. The number of likely N-dealkylation sites (tertiary alicyclic amines) is 1. The first-order chi connectivity index (χ1) is 35.1. The van der Waals surface area contributed by atoms with Crippen LogP contribution in [0.4, 0.5) is 29.7 Å². The molecule has 388 valence electrons. The molecule has 4 aromatic rings. The highest BCUT2D eigenvalue weighted by Gasteiger charge is 2.52. The van der Waals surface area contributed by atoms with E-state index in [9.17, 15) is 28.8 Å². The summed E-state index contributed by atoms with van der Waals surface area (Å²) in [6, 6.07) is 26.0. The Morgan fingerprint density at radius 3 is 1.86 bits per heavy atom. The fraction of sp³-hybridized carbons (Fsp3) is 0.483.